The number of likely N-dealkylation sites (N-methyl/N-ethyl adjacent to an activating group) is 2. The van der Waals surface area contributed by atoms with E-state index in [0.29, 0.717) is 12.5 Å². The van der Waals surface area contributed by atoms with Crippen molar-refractivity contribution in [2.75, 3.05) is 54.0 Å². The van der Waals surface area contributed by atoms with Crippen LogP contribution in [0, 0.1) is 12.8 Å². The molecule has 1 amide bonds. The molecule has 0 unspecified atom stereocenters. The molecule has 2 aliphatic heterocycles. The molecule has 1 atom stereocenters. The molecule has 2 aliphatic rings. The van der Waals surface area contributed by atoms with Gasteiger partial charge in [0, 0.05) is 51.5 Å². The Morgan fingerprint density at radius 2 is 2.25 bits per heavy atom. The summed E-state index contributed by atoms with van der Waals surface area (Å²) in [6, 6.07) is 2.11. The van der Waals surface area contributed by atoms with Crippen LogP contribution in [0.5, 0.6) is 0 Å². The number of ether oxygens (including phenoxy) is 1. The standard InChI is InChI=1S/C17H29N5O2/c1-13-5-15(19-18-13)8-22-11-17(12-22)6-14(7-21(17)4)9-24-10-16(23)20(2)3/h5,14H,6-12H2,1-4H3,(H,18,19)/t14-/m1/s1. The summed E-state index contributed by atoms with van der Waals surface area (Å²) in [5, 5.41) is 7.33. The minimum Gasteiger partial charge on any atom is -0.371 e. The van der Waals surface area contributed by atoms with Crippen LogP contribution in [0.2, 0.25) is 0 Å². The number of hydrogen-bond acceptors (Lipinski definition) is 5. The number of carbonyl (C=O) groups is 1. The van der Waals surface area contributed by atoms with Gasteiger partial charge in [-0.25, -0.2) is 0 Å². The molecule has 1 spiro atoms. The van der Waals surface area contributed by atoms with Crippen LogP contribution in [0.3, 0.4) is 0 Å². The second-order valence-electron chi connectivity index (χ2n) is 7.67. The van der Waals surface area contributed by atoms with E-state index in [4.69, 9.17) is 4.74 Å². The van der Waals surface area contributed by atoms with Crippen LogP contribution in [0.15, 0.2) is 6.07 Å². The molecule has 24 heavy (non-hydrogen) atoms. The second kappa shape index (κ2) is 6.82. The van der Waals surface area contributed by atoms with Crippen LogP contribution >= 0.6 is 0 Å². The maximum Gasteiger partial charge on any atom is 0.248 e. The predicted molar refractivity (Wildman–Crippen MR) is 91.6 cm³/mol. The highest BCUT2D eigenvalue weighted by Crippen LogP contribution is 2.39. The van der Waals surface area contributed by atoms with Crippen LogP contribution in [-0.4, -0.2) is 90.3 Å². The Balaban J connectivity index is 1.42. The van der Waals surface area contributed by atoms with Gasteiger partial charge in [0.25, 0.3) is 0 Å². The highest BCUT2D eigenvalue weighted by atomic mass is 16.5. The molecule has 3 heterocycles. The zero-order valence-corrected chi connectivity index (χ0v) is 15.2. The van der Waals surface area contributed by atoms with E-state index in [-0.39, 0.29) is 18.1 Å². The van der Waals surface area contributed by atoms with Crippen molar-refractivity contribution >= 4 is 5.91 Å². The molecule has 0 saturated carbocycles. The van der Waals surface area contributed by atoms with E-state index in [9.17, 15) is 4.79 Å². The van der Waals surface area contributed by atoms with E-state index in [2.05, 4.69) is 33.1 Å². The van der Waals surface area contributed by atoms with Gasteiger partial charge in [0.1, 0.15) is 6.61 Å². The molecule has 2 saturated heterocycles. The molecule has 134 valence electrons. The Labute approximate surface area is 143 Å². The van der Waals surface area contributed by atoms with Crippen molar-refractivity contribution in [3.8, 4) is 0 Å². The van der Waals surface area contributed by atoms with E-state index in [1.54, 1.807) is 19.0 Å². The summed E-state index contributed by atoms with van der Waals surface area (Å²) in [7, 11) is 5.72. The summed E-state index contributed by atoms with van der Waals surface area (Å²) in [5.74, 6) is 0.542. The van der Waals surface area contributed by atoms with Gasteiger partial charge in [-0.05, 0) is 32.4 Å². The van der Waals surface area contributed by atoms with Gasteiger partial charge in [0.2, 0.25) is 5.91 Å². The normalized spacial score (nSPS) is 23.6. The number of aromatic amines is 1. The van der Waals surface area contributed by atoms with E-state index >= 15 is 0 Å². The number of amides is 1. The smallest absolute Gasteiger partial charge is 0.248 e. The third kappa shape index (κ3) is 3.63. The molecule has 1 aromatic heterocycles. The molecule has 0 aromatic carbocycles. The zero-order valence-electron chi connectivity index (χ0n) is 15.2. The van der Waals surface area contributed by atoms with Gasteiger partial charge >= 0.3 is 0 Å². The monoisotopic (exact) mass is 335 g/mol. The molecule has 1 aromatic rings. The number of H-pyrrole nitrogens is 1. The average Bonchev–Trinajstić information content (AvgIpc) is 3.02. The summed E-state index contributed by atoms with van der Waals surface area (Å²) in [5.41, 5.74) is 2.51. The average molecular weight is 335 g/mol. The minimum absolute atomic E-state index is 0.0279. The number of nitrogens with zero attached hydrogens (tertiary/aromatic N) is 4. The van der Waals surface area contributed by atoms with Gasteiger partial charge < -0.3 is 9.64 Å². The van der Waals surface area contributed by atoms with Crippen LogP contribution in [0.1, 0.15) is 17.8 Å². The summed E-state index contributed by atoms with van der Waals surface area (Å²) in [6.07, 6.45) is 1.15. The van der Waals surface area contributed by atoms with Gasteiger partial charge in [-0.15, -0.1) is 0 Å². The predicted octanol–water partition coefficient (Wildman–Crippen LogP) is 0.329. The molecular weight excluding hydrogens is 306 g/mol. The fraction of sp³-hybridized carbons (Fsp3) is 0.765. The third-order valence-corrected chi connectivity index (χ3v) is 5.27. The van der Waals surface area contributed by atoms with Crippen molar-refractivity contribution < 1.29 is 9.53 Å². The van der Waals surface area contributed by atoms with E-state index in [1.807, 2.05) is 6.92 Å². The lowest BCUT2D eigenvalue weighted by Gasteiger charge is -2.52. The fourth-order valence-electron chi connectivity index (χ4n) is 3.95. The van der Waals surface area contributed by atoms with E-state index < -0.39 is 0 Å². The van der Waals surface area contributed by atoms with Crippen molar-refractivity contribution in [1.29, 1.82) is 0 Å². The molecule has 0 aliphatic carbocycles. The van der Waals surface area contributed by atoms with Crippen molar-refractivity contribution in [3.63, 3.8) is 0 Å². The largest absolute Gasteiger partial charge is 0.371 e. The number of hydrogen-bond donors (Lipinski definition) is 1. The molecule has 2 fully saturated rings. The number of rotatable bonds is 6. The summed E-state index contributed by atoms with van der Waals surface area (Å²) in [6.45, 7) is 7.02. The topological polar surface area (TPSA) is 64.7 Å². The van der Waals surface area contributed by atoms with Crippen molar-refractivity contribution in [2.45, 2.75) is 25.4 Å². The Kier molecular flexibility index (Phi) is 4.94. The molecule has 1 N–H and O–H groups in total. The first-order valence-corrected chi connectivity index (χ1v) is 8.60. The zero-order chi connectivity index (χ0) is 17.3. The molecule has 3 rings (SSSR count). The Morgan fingerprint density at radius 1 is 1.50 bits per heavy atom. The third-order valence-electron chi connectivity index (χ3n) is 5.27. The fourth-order valence-corrected chi connectivity index (χ4v) is 3.95. The summed E-state index contributed by atoms with van der Waals surface area (Å²) >= 11 is 0. The maximum atomic E-state index is 11.6. The minimum atomic E-state index is 0.0279. The van der Waals surface area contributed by atoms with Gasteiger partial charge in [-0.2, -0.15) is 5.10 Å². The van der Waals surface area contributed by atoms with Gasteiger partial charge in [-0.3, -0.25) is 19.7 Å². The van der Waals surface area contributed by atoms with Gasteiger partial charge in [0.15, 0.2) is 0 Å². The van der Waals surface area contributed by atoms with E-state index in [0.717, 1.165) is 44.0 Å². The number of carbonyl (C=O) groups excluding carboxylic acids is 1. The van der Waals surface area contributed by atoms with Crippen LogP contribution in [0.4, 0.5) is 0 Å². The van der Waals surface area contributed by atoms with Crippen molar-refractivity contribution in [3.05, 3.63) is 17.5 Å². The summed E-state index contributed by atoms with van der Waals surface area (Å²) < 4.78 is 5.63. The van der Waals surface area contributed by atoms with Crippen LogP contribution in [-0.2, 0) is 16.1 Å². The maximum absolute atomic E-state index is 11.6. The number of likely N-dealkylation sites (tertiary alicyclic amines) is 2. The first-order valence-electron chi connectivity index (χ1n) is 8.60. The number of aryl methyl sites for hydroxylation is 1. The highest BCUT2D eigenvalue weighted by Gasteiger charge is 2.51. The lowest BCUT2D eigenvalue weighted by atomic mass is 9.84. The van der Waals surface area contributed by atoms with E-state index in [1.165, 1.54) is 0 Å². The Bertz CT molecular complexity index is 579. The second-order valence-corrected chi connectivity index (χ2v) is 7.67. The molecule has 7 nitrogen and oxygen atoms in total. The number of nitrogens with one attached hydrogen (secondary N) is 1. The first-order chi connectivity index (χ1) is 11.4. The Morgan fingerprint density at radius 3 is 2.88 bits per heavy atom. The number of aromatic nitrogens is 2. The van der Waals surface area contributed by atoms with Crippen molar-refractivity contribution in [2.24, 2.45) is 5.92 Å². The summed E-state index contributed by atoms with van der Waals surface area (Å²) in [4.78, 5) is 18.1. The Hall–Kier alpha value is -1.44. The molecule has 7 heteroatoms. The highest BCUT2D eigenvalue weighted by molar-refractivity contribution is 5.76. The lowest BCUT2D eigenvalue weighted by molar-refractivity contribution is -0.134. The molecule has 0 bridgehead atoms. The van der Waals surface area contributed by atoms with Crippen molar-refractivity contribution in [1.82, 2.24) is 24.9 Å². The van der Waals surface area contributed by atoms with Crippen LogP contribution in [0.25, 0.3) is 0 Å². The van der Waals surface area contributed by atoms with Gasteiger partial charge in [-0.1, -0.05) is 0 Å². The first kappa shape index (κ1) is 17.4. The SMILES string of the molecule is Cc1cc(CN2CC3(C[C@@H](COCC(=O)N(C)C)CN3C)C2)n[nH]1. The lowest BCUT2D eigenvalue weighted by Crippen LogP contribution is -2.66. The van der Waals surface area contributed by atoms with Gasteiger partial charge in [0.05, 0.1) is 12.3 Å². The van der Waals surface area contributed by atoms with Crippen LogP contribution < -0.4 is 0 Å². The molecular formula is C17H29N5O2. The molecule has 0 radical (unpaired) electrons. The quantitative estimate of drug-likeness (QED) is 0.812.